The Labute approximate surface area is 98.4 Å². The first-order valence-corrected chi connectivity index (χ1v) is 5.99. The SMILES string of the molecule is C=CCOC(=O)N(n1ccnc1C)S(N)(=O)=O. The second kappa shape index (κ2) is 4.97. The summed E-state index contributed by atoms with van der Waals surface area (Å²) in [5, 5.41) is 4.94. The second-order valence-corrected chi connectivity index (χ2v) is 4.35. The molecule has 1 aromatic rings. The number of nitrogens with zero attached hydrogens (tertiary/aromatic N) is 3. The van der Waals surface area contributed by atoms with Crippen LogP contribution in [0.4, 0.5) is 4.79 Å². The molecule has 0 aliphatic rings. The summed E-state index contributed by atoms with van der Waals surface area (Å²) in [5.74, 6) is 0.273. The summed E-state index contributed by atoms with van der Waals surface area (Å²) in [6.45, 7) is 4.73. The molecule has 9 heteroatoms. The number of ether oxygens (including phenoxy) is 1. The zero-order chi connectivity index (χ0) is 13.1. The van der Waals surface area contributed by atoms with Gasteiger partial charge in [0.25, 0.3) is 0 Å². The number of imidazole rings is 1. The fourth-order valence-electron chi connectivity index (χ4n) is 1.06. The standard InChI is InChI=1S/C8H12N4O4S/c1-3-6-16-8(13)12(17(9,14)15)11-5-4-10-7(11)2/h3-5H,1,6H2,2H3,(H2,9,14,15). The molecule has 0 atom stereocenters. The van der Waals surface area contributed by atoms with E-state index in [4.69, 9.17) is 5.14 Å². The number of aromatic nitrogens is 2. The predicted octanol–water partition coefficient (Wildman–Crippen LogP) is -0.344. The van der Waals surface area contributed by atoms with Gasteiger partial charge in [-0.2, -0.15) is 8.42 Å². The van der Waals surface area contributed by atoms with Gasteiger partial charge in [-0.3, -0.25) is 0 Å². The molecular formula is C8H12N4O4S. The molecule has 8 nitrogen and oxygen atoms in total. The van der Waals surface area contributed by atoms with Crippen molar-refractivity contribution < 1.29 is 17.9 Å². The van der Waals surface area contributed by atoms with Crippen molar-refractivity contribution in [2.24, 2.45) is 5.14 Å². The van der Waals surface area contributed by atoms with E-state index >= 15 is 0 Å². The maximum atomic E-state index is 11.5. The molecule has 94 valence electrons. The molecule has 17 heavy (non-hydrogen) atoms. The molecule has 1 rings (SSSR count). The van der Waals surface area contributed by atoms with Crippen LogP contribution in [0.3, 0.4) is 0 Å². The van der Waals surface area contributed by atoms with E-state index in [2.05, 4.69) is 16.3 Å². The van der Waals surface area contributed by atoms with Crippen molar-refractivity contribution in [2.75, 3.05) is 11.0 Å². The van der Waals surface area contributed by atoms with E-state index in [0.717, 1.165) is 4.68 Å². The zero-order valence-electron chi connectivity index (χ0n) is 9.11. The van der Waals surface area contributed by atoms with Crippen molar-refractivity contribution >= 4 is 16.3 Å². The Morgan fingerprint density at radius 1 is 1.76 bits per heavy atom. The van der Waals surface area contributed by atoms with Crippen molar-refractivity contribution in [3.05, 3.63) is 30.9 Å². The number of aryl methyl sites for hydroxylation is 1. The third-order valence-corrected chi connectivity index (χ3v) is 2.53. The van der Waals surface area contributed by atoms with E-state index in [0.29, 0.717) is 0 Å². The third kappa shape index (κ3) is 3.04. The smallest absolute Gasteiger partial charge is 0.443 e. The Morgan fingerprint density at radius 3 is 2.82 bits per heavy atom. The van der Waals surface area contributed by atoms with Crippen LogP contribution < -0.4 is 9.55 Å². The molecule has 0 aromatic carbocycles. The van der Waals surface area contributed by atoms with Crippen LogP contribution in [0.1, 0.15) is 5.82 Å². The van der Waals surface area contributed by atoms with Gasteiger partial charge in [-0.25, -0.2) is 19.6 Å². The summed E-state index contributed by atoms with van der Waals surface area (Å²) in [6, 6.07) is 0. The maximum Gasteiger partial charge on any atom is 0.445 e. The number of amides is 1. The Kier molecular flexibility index (Phi) is 3.86. The fourth-order valence-corrected chi connectivity index (χ4v) is 1.74. The minimum Gasteiger partial charge on any atom is -0.443 e. The Hall–Kier alpha value is -1.87. The van der Waals surface area contributed by atoms with E-state index in [1.165, 1.54) is 25.4 Å². The normalized spacial score (nSPS) is 10.9. The average molecular weight is 260 g/mol. The fraction of sp³-hybridized carbons (Fsp3) is 0.250. The highest BCUT2D eigenvalue weighted by atomic mass is 32.2. The summed E-state index contributed by atoms with van der Waals surface area (Å²) in [6.07, 6.45) is 2.77. The van der Waals surface area contributed by atoms with Gasteiger partial charge in [-0.15, -0.1) is 0 Å². The number of carbonyl (C=O) groups excluding carboxylic acids is 1. The molecule has 2 N–H and O–H groups in total. The molecule has 0 saturated carbocycles. The lowest BCUT2D eigenvalue weighted by molar-refractivity contribution is 0.165. The molecule has 1 heterocycles. The summed E-state index contributed by atoms with van der Waals surface area (Å²) >= 11 is 0. The summed E-state index contributed by atoms with van der Waals surface area (Å²) in [7, 11) is -4.29. The molecule has 0 aliphatic heterocycles. The van der Waals surface area contributed by atoms with E-state index < -0.39 is 16.3 Å². The first kappa shape index (κ1) is 13.2. The monoisotopic (exact) mass is 260 g/mol. The second-order valence-electron chi connectivity index (χ2n) is 2.97. The van der Waals surface area contributed by atoms with Gasteiger partial charge in [0.1, 0.15) is 12.4 Å². The number of hydrogen-bond donors (Lipinski definition) is 1. The van der Waals surface area contributed by atoms with Crippen LogP contribution in [0.25, 0.3) is 0 Å². The third-order valence-electron chi connectivity index (χ3n) is 1.72. The van der Waals surface area contributed by atoms with Gasteiger partial charge in [0, 0.05) is 12.4 Å². The first-order valence-electron chi connectivity index (χ1n) is 4.49. The van der Waals surface area contributed by atoms with Gasteiger partial charge < -0.3 is 4.74 Å². The molecule has 0 radical (unpaired) electrons. The molecule has 0 fully saturated rings. The topological polar surface area (TPSA) is 108 Å². The van der Waals surface area contributed by atoms with Crippen molar-refractivity contribution in [3.63, 3.8) is 0 Å². The van der Waals surface area contributed by atoms with Crippen LogP contribution in [0.2, 0.25) is 0 Å². The molecule has 0 aliphatic carbocycles. The van der Waals surface area contributed by atoms with E-state index in [9.17, 15) is 13.2 Å². The van der Waals surface area contributed by atoms with Crippen LogP contribution in [-0.2, 0) is 14.9 Å². The van der Waals surface area contributed by atoms with Crippen LogP contribution in [0.5, 0.6) is 0 Å². The summed E-state index contributed by atoms with van der Waals surface area (Å²) < 4.78 is 28.5. The Morgan fingerprint density at radius 2 is 2.41 bits per heavy atom. The Bertz CT molecular complexity index is 521. The molecule has 0 unspecified atom stereocenters. The lowest BCUT2D eigenvalue weighted by atomic mass is 10.7. The minimum absolute atomic E-state index is 0.126. The molecular weight excluding hydrogens is 248 g/mol. The molecule has 0 spiro atoms. The minimum atomic E-state index is -4.29. The summed E-state index contributed by atoms with van der Waals surface area (Å²) in [4.78, 5) is 15.3. The lowest BCUT2D eigenvalue weighted by Crippen LogP contribution is -2.49. The van der Waals surface area contributed by atoms with Crippen molar-refractivity contribution in [2.45, 2.75) is 6.92 Å². The molecule has 0 saturated heterocycles. The van der Waals surface area contributed by atoms with Crippen LogP contribution in [0, 0.1) is 6.92 Å². The molecule has 0 bridgehead atoms. The van der Waals surface area contributed by atoms with Gasteiger partial charge in [0.05, 0.1) is 0 Å². The highest BCUT2D eigenvalue weighted by molar-refractivity contribution is 7.90. The summed E-state index contributed by atoms with van der Waals surface area (Å²) in [5.41, 5.74) is 0. The first-order chi connectivity index (χ1) is 7.88. The molecule has 1 aromatic heterocycles. The van der Waals surface area contributed by atoms with Gasteiger partial charge in [0.2, 0.25) is 0 Å². The van der Waals surface area contributed by atoms with Gasteiger partial charge in [0.15, 0.2) is 0 Å². The number of hydrogen-bond acceptors (Lipinski definition) is 5. The highest BCUT2D eigenvalue weighted by Crippen LogP contribution is 2.03. The Balaban J connectivity index is 3.10. The molecule has 1 amide bonds. The van der Waals surface area contributed by atoms with Crippen molar-refractivity contribution in [1.29, 1.82) is 0 Å². The van der Waals surface area contributed by atoms with E-state index in [1.807, 2.05) is 0 Å². The van der Waals surface area contributed by atoms with E-state index in [-0.39, 0.29) is 16.8 Å². The van der Waals surface area contributed by atoms with E-state index in [1.54, 1.807) is 0 Å². The number of rotatable bonds is 4. The number of nitrogens with two attached hydrogens (primary N) is 1. The van der Waals surface area contributed by atoms with Gasteiger partial charge >= 0.3 is 16.3 Å². The van der Waals surface area contributed by atoms with Gasteiger partial charge in [-0.05, 0) is 6.92 Å². The van der Waals surface area contributed by atoms with Crippen molar-refractivity contribution in [1.82, 2.24) is 9.66 Å². The van der Waals surface area contributed by atoms with Gasteiger partial charge in [-0.1, -0.05) is 17.1 Å². The van der Waals surface area contributed by atoms with Crippen LogP contribution >= 0.6 is 0 Å². The largest absolute Gasteiger partial charge is 0.445 e. The van der Waals surface area contributed by atoms with Crippen LogP contribution in [0.15, 0.2) is 25.0 Å². The lowest BCUT2D eigenvalue weighted by Gasteiger charge is -2.20. The van der Waals surface area contributed by atoms with Crippen LogP contribution in [-0.4, -0.2) is 30.8 Å². The zero-order valence-corrected chi connectivity index (χ0v) is 9.92. The quantitative estimate of drug-likeness (QED) is 0.745. The maximum absolute atomic E-state index is 11.5. The number of carbonyl (C=O) groups is 1. The predicted molar refractivity (Wildman–Crippen MR) is 59.8 cm³/mol. The average Bonchev–Trinajstić information content (AvgIpc) is 2.60. The highest BCUT2D eigenvalue weighted by Gasteiger charge is 2.28. The van der Waals surface area contributed by atoms with Crippen molar-refractivity contribution in [3.8, 4) is 0 Å².